The zero-order chi connectivity index (χ0) is 28.5. The van der Waals surface area contributed by atoms with Crippen LogP contribution < -0.4 is 4.74 Å². The first kappa shape index (κ1) is 28.1. The van der Waals surface area contributed by atoms with Crippen LogP contribution in [0, 0.1) is 10.8 Å². The molecular weight excluding hydrogens is 518 g/mol. The van der Waals surface area contributed by atoms with E-state index in [1.165, 1.54) is 17.5 Å². The van der Waals surface area contributed by atoms with Crippen LogP contribution in [-0.2, 0) is 29.1 Å². The smallest absolute Gasteiger partial charge is 0.243 e. The van der Waals surface area contributed by atoms with E-state index in [0.717, 1.165) is 0 Å². The molecule has 4 aliphatic rings. The fourth-order valence-electron chi connectivity index (χ4n) is 6.56. The fourth-order valence-corrected chi connectivity index (χ4v) is 8.19. The summed E-state index contributed by atoms with van der Waals surface area (Å²) in [4.78, 5) is 27.5. The number of carbonyl (C=O) groups excluding carboxylic acids is 2. The number of allylic oxidation sites excluding steroid dienone is 4. The van der Waals surface area contributed by atoms with Gasteiger partial charge >= 0.3 is 0 Å². The van der Waals surface area contributed by atoms with Crippen molar-refractivity contribution in [2.45, 2.75) is 90.2 Å². The van der Waals surface area contributed by atoms with E-state index in [-0.39, 0.29) is 52.6 Å². The molecular formula is C30H39NO7S. The van der Waals surface area contributed by atoms with Crippen LogP contribution in [0.1, 0.15) is 78.7 Å². The Hall–Kier alpha value is -2.49. The van der Waals surface area contributed by atoms with Crippen LogP contribution >= 0.6 is 0 Å². The number of carbonyl (C=O) groups is 2. The summed E-state index contributed by atoms with van der Waals surface area (Å²) < 4.78 is 46.9. The molecule has 0 bridgehead atoms. The largest absolute Gasteiger partial charge is 0.496 e. The maximum Gasteiger partial charge on any atom is 0.243 e. The van der Waals surface area contributed by atoms with Crippen molar-refractivity contribution >= 4 is 21.6 Å². The first-order valence-corrected chi connectivity index (χ1v) is 15.1. The molecule has 212 valence electrons. The van der Waals surface area contributed by atoms with Gasteiger partial charge in [-0.15, -0.1) is 0 Å². The minimum atomic E-state index is -3.87. The second kappa shape index (κ2) is 9.56. The molecule has 1 aromatic rings. The van der Waals surface area contributed by atoms with Crippen molar-refractivity contribution < 1.29 is 32.2 Å². The van der Waals surface area contributed by atoms with Gasteiger partial charge in [0.25, 0.3) is 0 Å². The average Bonchev–Trinajstić information content (AvgIpc) is 2.80. The molecule has 0 radical (unpaired) electrons. The van der Waals surface area contributed by atoms with E-state index in [0.29, 0.717) is 59.7 Å². The molecule has 2 aliphatic carbocycles. The lowest BCUT2D eigenvalue weighted by atomic mass is 9.65. The molecule has 0 aromatic heterocycles. The highest BCUT2D eigenvalue weighted by Crippen LogP contribution is 2.54. The van der Waals surface area contributed by atoms with E-state index in [1.807, 2.05) is 41.5 Å². The summed E-state index contributed by atoms with van der Waals surface area (Å²) in [7, 11) is -2.36. The van der Waals surface area contributed by atoms with Gasteiger partial charge in [0, 0.05) is 55.5 Å². The predicted octanol–water partition coefficient (Wildman–Crippen LogP) is 4.89. The first-order chi connectivity index (χ1) is 18.1. The molecule has 8 nitrogen and oxygen atoms in total. The van der Waals surface area contributed by atoms with E-state index in [9.17, 15) is 18.0 Å². The summed E-state index contributed by atoms with van der Waals surface area (Å²) in [5.41, 5.74) is 0.819. The van der Waals surface area contributed by atoms with Crippen molar-refractivity contribution in [1.82, 2.24) is 4.31 Å². The first-order valence-electron chi connectivity index (χ1n) is 13.7. The number of ketones is 2. The van der Waals surface area contributed by atoms with E-state index in [2.05, 4.69) is 0 Å². The van der Waals surface area contributed by atoms with Gasteiger partial charge in [-0.3, -0.25) is 9.59 Å². The monoisotopic (exact) mass is 557 g/mol. The van der Waals surface area contributed by atoms with Crippen LogP contribution in [0.15, 0.2) is 45.8 Å². The average molecular weight is 558 g/mol. The molecule has 2 aliphatic heterocycles. The van der Waals surface area contributed by atoms with Crippen LogP contribution in [0.3, 0.4) is 0 Å². The molecule has 2 atom stereocenters. The molecule has 0 spiro atoms. The molecule has 0 amide bonds. The standard InChI is InChI=1S/C30H39NO7S/c1-17-15-31(16-18(2)37-17)39(34,35)19-8-9-23(36-7)20(10-19)26-27-21(32)11-29(3,4)13-24(27)38-25-14-30(5,6)12-22(33)28(25)26/h8-10,17-18,26H,11-16H2,1-7H3/t17-,18+. The molecule has 9 heteroatoms. The van der Waals surface area contributed by atoms with Gasteiger partial charge in [0.1, 0.15) is 17.3 Å². The third-order valence-corrected chi connectivity index (χ3v) is 9.95. The SMILES string of the molecule is COc1ccc(S(=O)(=O)N2C[C@@H](C)O[C@@H](C)C2)cc1C1C2=C(CC(C)(C)CC2=O)OC2=C1C(=O)CC(C)(C)C2. The summed E-state index contributed by atoms with van der Waals surface area (Å²) in [5.74, 6) is 0.679. The normalized spacial score (nSPS) is 27.7. The second-order valence-corrected chi connectivity index (χ2v) is 15.0. The molecule has 1 saturated heterocycles. The summed E-state index contributed by atoms with van der Waals surface area (Å²) in [6.45, 7) is 12.3. The van der Waals surface area contributed by atoms with Crippen molar-refractivity contribution in [2.24, 2.45) is 10.8 Å². The quantitative estimate of drug-likeness (QED) is 0.520. The van der Waals surface area contributed by atoms with E-state index in [1.54, 1.807) is 12.1 Å². The fraction of sp³-hybridized carbons (Fsp3) is 0.600. The molecule has 5 rings (SSSR count). The van der Waals surface area contributed by atoms with Crippen LogP contribution in [0.5, 0.6) is 5.75 Å². The zero-order valence-electron chi connectivity index (χ0n) is 23.9. The Morgan fingerprint density at radius 2 is 1.38 bits per heavy atom. The molecule has 0 saturated carbocycles. The Bertz CT molecular complexity index is 1340. The third-order valence-electron chi connectivity index (χ3n) is 8.12. The van der Waals surface area contributed by atoms with Gasteiger partial charge in [-0.1, -0.05) is 27.7 Å². The molecule has 0 N–H and O–H groups in total. The number of ether oxygens (including phenoxy) is 3. The number of benzene rings is 1. The van der Waals surface area contributed by atoms with Crippen LogP contribution in [-0.4, -0.2) is 56.7 Å². The minimum Gasteiger partial charge on any atom is -0.496 e. The Morgan fingerprint density at radius 1 is 0.872 bits per heavy atom. The maximum absolute atomic E-state index is 13.8. The van der Waals surface area contributed by atoms with Crippen molar-refractivity contribution in [1.29, 1.82) is 0 Å². The highest BCUT2D eigenvalue weighted by molar-refractivity contribution is 7.89. The second-order valence-electron chi connectivity index (χ2n) is 13.1. The van der Waals surface area contributed by atoms with Crippen molar-refractivity contribution in [3.63, 3.8) is 0 Å². The molecule has 0 unspecified atom stereocenters. The Morgan fingerprint density at radius 3 is 1.87 bits per heavy atom. The number of nitrogens with zero attached hydrogens (tertiary/aromatic N) is 1. The highest BCUT2D eigenvalue weighted by atomic mass is 32.2. The van der Waals surface area contributed by atoms with Gasteiger partial charge in [-0.25, -0.2) is 8.42 Å². The highest BCUT2D eigenvalue weighted by Gasteiger charge is 2.48. The summed E-state index contributed by atoms with van der Waals surface area (Å²) in [6.07, 6.45) is 1.28. The topological polar surface area (TPSA) is 99.2 Å². The van der Waals surface area contributed by atoms with Gasteiger partial charge in [0.05, 0.1) is 30.1 Å². The van der Waals surface area contributed by atoms with Crippen molar-refractivity contribution in [3.05, 3.63) is 46.4 Å². The summed E-state index contributed by atoms with van der Waals surface area (Å²) >= 11 is 0. The van der Waals surface area contributed by atoms with Gasteiger partial charge in [0.2, 0.25) is 10.0 Å². The zero-order valence-corrected chi connectivity index (χ0v) is 24.7. The lowest BCUT2D eigenvalue weighted by Crippen LogP contribution is -2.48. The number of sulfonamides is 1. The predicted molar refractivity (Wildman–Crippen MR) is 146 cm³/mol. The molecule has 1 aromatic carbocycles. The van der Waals surface area contributed by atoms with Crippen molar-refractivity contribution in [2.75, 3.05) is 20.2 Å². The maximum atomic E-state index is 13.8. The van der Waals surface area contributed by atoms with Gasteiger partial charge in [-0.05, 0) is 42.9 Å². The van der Waals surface area contributed by atoms with Gasteiger partial charge in [0.15, 0.2) is 11.6 Å². The molecule has 2 heterocycles. The van der Waals surface area contributed by atoms with Gasteiger partial charge < -0.3 is 14.2 Å². The lowest BCUT2D eigenvalue weighted by Gasteiger charge is -2.43. The van der Waals surface area contributed by atoms with E-state index < -0.39 is 15.9 Å². The minimum absolute atomic E-state index is 0.0819. The lowest BCUT2D eigenvalue weighted by molar-refractivity contribution is -0.120. The van der Waals surface area contributed by atoms with Crippen LogP contribution in [0.2, 0.25) is 0 Å². The number of rotatable bonds is 4. The summed E-state index contributed by atoms with van der Waals surface area (Å²) in [6, 6.07) is 4.74. The number of Topliss-reactive ketones (excluding diaryl/α,β-unsaturated/α-hetero) is 2. The Balaban J connectivity index is 1.69. The van der Waals surface area contributed by atoms with Crippen LogP contribution in [0.25, 0.3) is 0 Å². The Kier molecular flexibility index (Phi) is 6.88. The third kappa shape index (κ3) is 5.09. The number of morpholine rings is 1. The van der Waals surface area contributed by atoms with E-state index >= 15 is 0 Å². The summed E-state index contributed by atoms with van der Waals surface area (Å²) in [5, 5.41) is 0. The number of hydrogen-bond acceptors (Lipinski definition) is 7. The van der Waals surface area contributed by atoms with Crippen LogP contribution in [0.4, 0.5) is 0 Å². The molecule has 1 fully saturated rings. The number of hydrogen-bond donors (Lipinski definition) is 0. The Labute approximate surface area is 231 Å². The van der Waals surface area contributed by atoms with Crippen molar-refractivity contribution in [3.8, 4) is 5.75 Å². The van der Waals surface area contributed by atoms with Gasteiger partial charge in [-0.2, -0.15) is 4.31 Å². The number of methoxy groups -OCH3 is 1. The van der Waals surface area contributed by atoms with E-state index in [4.69, 9.17) is 14.2 Å². The molecule has 39 heavy (non-hydrogen) atoms.